The van der Waals surface area contributed by atoms with Gasteiger partial charge in [-0.3, -0.25) is 0 Å². The molecular formula is C31H28N2O2. The quantitative estimate of drug-likeness (QED) is 0.147. The number of allylic oxidation sites excluding steroid dienone is 3. The molecule has 0 atom stereocenters. The molecule has 0 aromatic heterocycles. The Morgan fingerprint density at radius 3 is 1.49 bits per heavy atom. The van der Waals surface area contributed by atoms with Gasteiger partial charge in [0.1, 0.15) is 11.5 Å². The van der Waals surface area contributed by atoms with Crippen LogP contribution in [0.2, 0.25) is 0 Å². The number of nitrogens with zero attached hydrogens (tertiary/aromatic N) is 2. The normalized spacial score (nSPS) is 10.9. The number of hydrogen-bond donors (Lipinski definition) is 0. The molecule has 35 heavy (non-hydrogen) atoms. The first-order valence-electron chi connectivity index (χ1n) is 11.4. The summed E-state index contributed by atoms with van der Waals surface area (Å²) < 4.78 is 10.6. The molecule has 4 heteroatoms. The smallest absolute Gasteiger partial charge is 0.118 e. The van der Waals surface area contributed by atoms with Gasteiger partial charge in [0.15, 0.2) is 0 Å². The molecule has 174 valence electrons. The largest absolute Gasteiger partial charge is 0.497 e. The van der Waals surface area contributed by atoms with E-state index in [1.807, 2.05) is 102 Å². The molecule has 4 aromatic carbocycles. The summed E-state index contributed by atoms with van der Waals surface area (Å²) in [5, 5.41) is 6.63. The molecular weight excluding hydrogens is 432 g/mol. The van der Waals surface area contributed by atoms with E-state index in [1.165, 1.54) is 0 Å². The first-order chi connectivity index (χ1) is 17.3. The molecule has 4 rings (SSSR count). The average Bonchev–Trinajstić information content (AvgIpc) is 2.94. The van der Waals surface area contributed by atoms with Crippen molar-refractivity contribution in [1.82, 2.24) is 0 Å². The van der Waals surface area contributed by atoms with Crippen molar-refractivity contribution in [2.45, 2.75) is 0 Å². The first-order valence-corrected chi connectivity index (χ1v) is 11.4. The second-order valence-corrected chi connectivity index (χ2v) is 7.67. The fraction of sp³-hybridized carbons (Fsp3) is 0.0645. The lowest BCUT2D eigenvalue weighted by atomic mass is 9.97. The van der Waals surface area contributed by atoms with Crippen LogP contribution in [0.3, 0.4) is 0 Å². The lowest BCUT2D eigenvalue weighted by Gasteiger charge is -2.18. The average molecular weight is 461 g/mol. The molecule has 0 saturated carbocycles. The van der Waals surface area contributed by atoms with Crippen molar-refractivity contribution >= 4 is 23.2 Å². The highest BCUT2D eigenvalue weighted by Gasteiger charge is 2.07. The zero-order chi connectivity index (χ0) is 24.3. The van der Waals surface area contributed by atoms with Crippen LogP contribution in [-0.4, -0.2) is 20.4 Å². The van der Waals surface area contributed by atoms with Crippen LogP contribution in [0.15, 0.2) is 133 Å². The van der Waals surface area contributed by atoms with E-state index in [0.29, 0.717) is 0 Å². The number of para-hydroxylation sites is 2. The van der Waals surface area contributed by atoms with E-state index in [-0.39, 0.29) is 0 Å². The van der Waals surface area contributed by atoms with Crippen molar-refractivity contribution in [2.75, 3.05) is 19.2 Å². The highest BCUT2D eigenvalue weighted by atomic mass is 16.5. The molecule has 0 heterocycles. The van der Waals surface area contributed by atoms with E-state index in [1.54, 1.807) is 20.4 Å². The SMILES string of the molecule is COc1ccc(C(=CC=CC=NN(c2ccccc2)c2ccccc2)c2ccc(OC)cc2)cc1. The minimum absolute atomic E-state index is 0.826. The Labute approximate surface area is 207 Å². The number of anilines is 2. The molecule has 0 fully saturated rings. The summed E-state index contributed by atoms with van der Waals surface area (Å²) in [5.74, 6) is 1.65. The minimum atomic E-state index is 0.826. The van der Waals surface area contributed by atoms with Crippen molar-refractivity contribution in [3.05, 3.63) is 139 Å². The summed E-state index contributed by atoms with van der Waals surface area (Å²) in [6.45, 7) is 0. The van der Waals surface area contributed by atoms with Crippen molar-refractivity contribution in [3.63, 3.8) is 0 Å². The predicted molar refractivity (Wildman–Crippen MR) is 146 cm³/mol. The number of benzene rings is 4. The van der Waals surface area contributed by atoms with Gasteiger partial charge in [0.05, 0.1) is 25.6 Å². The Kier molecular flexibility index (Phi) is 8.12. The molecule has 0 radical (unpaired) electrons. The van der Waals surface area contributed by atoms with Gasteiger partial charge in [-0.1, -0.05) is 72.8 Å². The van der Waals surface area contributed by atoms with Crippen LogP contribution >= 0.6 is 0 Å². The lowest BCUT2D eigenvalue weighted by molar-refractivity contribution is 0.414. The zero-order valence-corrected chi connectivity index (χ0v) is 19.9. The van der Waals surface area contributed by atoms with Crippen LogP contribution in [0.5, 0.6) is 11.5 Å². The van der Waals surface area contributed by atoms with Crippen LogP contribution in [0.4, 0.5) is 11.4 Å². The number of hydrazone groups is 1. The monoisotopic (exact) mass is 460 g/mol. The molecule has 4 aromatic rings. The Hall–Kier alpha value is -4.57. The summed E-state index contributed by atoms with van der Waals surface area (Å²) in [4.78, 5) is 0. The topological polar surface area (TPSA) is 34.1 Å². The molecule has 0 aliphatic rings. The number of rotatable bonds is 9. The highest BCUT2D eigenvalue weighted by molar-refractivity contribution is 5.82. The Balaban J connectivity index is 1.61. The van der Waals surface area contributed by atoms with E-state index in [4.69, 9.17) is 14.6 Å². The second kappa shape index (κ2) is 12.1. The molecule has 0 unspecified atom stereocenters. The van der Waals surface area contributed by atoms with Crippen molar-refractivity contribution in [3.8, 4) is 11.5 Å². The molecule has 0 spiro atoms. The van der Waals surface area contributed by atoms with Crippen molar-refractivity contribution in [1.29, 1.82) is 0 Å². The third kappa shape index (κ3) is 6.27. The molecule has 0 aliphatic carbocycles. The summed E-state index contributed by atoms with van der Waals surface area (Å²) in [6.07, 6.45) is 7.83. The maximum atomic E-state index is 5.32. The van der Waals surface area contributed by atoms with Crippen LogP contribution in [-0.2, 0) is 0 Å². The van der Waals surface area contributed by atoms with Gasteiger partial charge >= 0.3 is 0 Å². The highest BCUT2D eigenvalue weighted by Crippen LogP contribution is 2.27. The first kappa shape index (κ1) is 23.6. The fourth-order valence-corrected chi connectivity index (χ4v) is 3.63. The lowest BCUT2D eigenvalue weighted by Crippen LogP contribution is -2.08. The third-order valence-electron chi connectivity index (χ3n) is 5.45. The maximum Gasteiger partial charge on any atom is 0.118 e. The van der Waals surface area contributed by atoms with E-state index >= 15 is 0 Å². The summed E-state index contributed by atoms with van der Waals surface area (Å²) >= 11 is 0. The van der Waals surface area contributed by atoms with Gasteiger partial charge in [-0.2, -0.15) is 5.10 Å². The van der Waals surface area contributed by atoms with Gasteiger partial charge in [-0.25, -0.2) is 5.01 Å². The Bertz CT molecular complexity index is 1190. The summed E-state index contributed by atoms with van der Waals surface area (Å²) in [5.41, 5.74) is 5.26. The van der Waals surface area contributed by atoms with E-state index < -0.39 is 0 Å². The Morgan fingerprint density at radius 1 is 0.600 bits per heavy atom. The fourth-order valence-electron chi connectivity index (χ4n) is 3.63. The summed E-state index contributed by atoms with van der Waals surface area (Å²) in [7, 11) is 3.34. The van der Waals surface area contributed by atoms with Crippen molar-refractivity contribution < 1.29 is 9.47 Å². The third-order valence-corrected chi connectivity index (χ3v) is 5.45. The van der Waals surface area contributed by atoms with Gasteiger partial charge < -0.3 is 9.47 Å². The van der Waals surface area contributed by atoms with Crippen LogP contribution in [0.25, 0.3) is 5.57 Å². The van der Waals surface area contributed by atoms with Gasteiger partial charge in [-0.15, -0.1) is 0 Å². The molecule has 0 bridgehead atoms. The van der Waals surface area contributed by atoms with Gasteiger partial charge in [-0.05, 0) is 71.3 Å². The van der Waals surface area contributed by atoms with Gasteiger partial charge in [0.2, 0.25) is 0 Å². The van der Waals surface area contributed by atoms with Crippen molar-refractivity contribution in [2.24, 2.45) is 5.10 Å². The standard InChI is InChI=1S/C31H28N2O2/c1-34-29-20-16-25(17-21-29)31(26-18-22-30(35-2)23-19-26)15-9-10-24-32-33(27-11-5-3-6-12-27)28-13-7-4-8-14-28/h3-24H,1-2H3. The number of hydrogen-bond acceptors (Lipinski definition) is 4. The number of ether oxygens (including phenoxy) is 2. The predicted octanol–water partition coefficient (Wildman–Crippen LogP) is 7.52. The zero-order valence-electron chi connectivity index (χ0n) is 19.9. The summed E-state index contributed by atoms with van der Waals surface area (Å²) in [6, 6.07) is 36.3. The van der Waals surface area contributed by atoms with Gasteiger partial charge in [0, 0.05) is 6.21 Å². The van der Waals surface area contributed by atoms with E-state index in [0.717, 1.165) is 39.6 Å². The molecule has 4 nitrogen and oxygen atoms in total. The van der Waals surface area contributed by atoms with Crippen LogP contribution in [0.1, 0.15) is 11.1 Å². The van der Waals surface area contributed by atoms with Crippen LogP contribution < -0.4 is 14.5 Å². The van der Waals surface area contributed by atoms with Crippen LogP contribution in [0, 0.1) is 0 Å². The minimum Gasteiger partial charge on any atom is -0.497 e. The van der Waals surface area contributed by atoms with E-state index in [2.05, 4.69) is 30.3 Å². The maximum absolute atomic E-state index is 5.32. The second-order valence-electron chi connectivity index (χ2n) is 7.67. The molecule has 0 N–H and O–H groups in total. The van der Waals surface area contributed by atoms with E-state index in [9.17, 15) is 0 Å². The molecule has 0 aliphatic heterocycles. The molecule has 0 amide bonds. The van der Waals surface area contributed by atoms with Gasteiger partial charge in [0.25, 0.3) is 0 Å². The molecule has 0 saturated heterocycles. The number of methoxy groups -OCH3 is 2. The Morgan fingerprint density at radius 2 is 1.06 bits per heavy atom.